The van der Waals surface area contributed by atoms with Crippen LogP contribution in [0.2, 0.25) is 0 Å². The Labute approximate surface area is 203 Å². The maximum atomic E-state index is 12.5. The monoisotopic (exact) mass is 482 g/mol. The summed E-state index contributed by atoms with van der Waals surface area (Å²) in [5, 5.41) is 8.69. The first kappa shape index (κ1) is 23.6. The van der Waals surface area contributed by atoms with Crippen LogP contribution in [0, 0.1) is 12.8 Å². The Morgan fingerprint density at radius 3 is 2.76 bits per heavy atom. The number of benzene rings is 1. The largest absolute Gasteiger partial charge is 0.355 e. The minimum Gasteiger partial charge on any atom is -0.355 e. The Bertz CT molecular complexity index is 1060. The van der Waals surface area contributed by atoms with E-state index in [0.29, 0.717) is 18.2 Å². The van der Waals surface area contributed by atoms with E-state index in [1.54, 1.807) is 11.3 Å². The number of carbonyl (C=O) groups is 2. The van der Waals surface area contributed by atoms with E-state index in [1.165, 1.54) is 27.3 Å². The minimum atomic E-state index is -0.0506. The molecule has 174 valence electrons. The van der Waals surface area contributed by atoms with Crippen LogP contribution < -0.4 is 10.6 Å². The van der Waals surface area contributed by atoms with Gasteiger partial charge in [0.15, 0.2) is 5.13 Å². The molecule has 2 aromatic heterocycles. The number of amides is 2. The summed E-state index contributed by atoms with van der Waals surface area (Å²) in [6, 6.07) is 12.6. The van der Waals surface area contributed by atoms with Crippen LogP contribution in [0.5, 0.6) is 0 Å². The standard InChI is InChI=1S/C25H30N4O2S2/c1-18-4-2-5-19(14-18)15-22-16-27-25(33-22)28-23(30)17-29-11-8-20(9-12-29)24(31)26-10-7-21-6-3-13-32-21/h2-6,13-14,16,20H,7-12,15,17H2,1H3,(H,26,31)(H,27,28,30). The minimum absolute atomic E-state index is 0.0378. The fourth-order valence-electron chi connectivity index (χ4n) is 4.09. The molecule has 33 heavy (non-hydrogen) atoms. The molecular weight excluding hydrogens is 452 g/mol. The van der Waals surface area contributed by atoms with Crippen LogP contribution in [0.15, 0.2) is 48.0 Å². The Morgan fingerprint density at radius 1 is 1.15 bits per heavy atom. The van der Waals surface area contributed by atoms with Crippen LogP contribution in [0.1, 0.15) is 33.7 Å². The Kier molecular flexibility index (Phi) is 8.25. The van der Waals surface area contributed by atoms with Crippen molar-refractivity contribution in [3.8, 4) is 0 Å². The first-order chi connectivity index (χ1) is 16.0. The lowest BCUT2D eigenvalue weighted by Gasteiger charge is -2.30. The normalized spacial score (nSPS) is 14.8. The average Bonchev–Trinajstić information content (AvgIpc) is 3.46. The van der Waals surface area contributed by atoms with Crippen molar-refractivity contribution >= 4 is 39.6 Å². The Balaban J connectivity index is 1.16. The van der Waals surface area contributed by atoms with Gasteiger partial charge in [-0.15, -0.1) is 22.7 Å². The predicted molar refractivity (Wildman–Crippen MR) is 135 cm³/mol. The number of piperidine rings is 1. The van der Waals surface area contributed by atoms with E-state index in [-0.39, 0.29) is 17.7 Å². The van der Waals surface area contributed by atoms with E-state index in [1.807, 2.05) is 12.3 Å². The van der Waals surface area contributed by atoms with Crippen LogP contribution in [0.25, 0.3) is 0 Å². The lowest BCUT2D eigenvalue weighted by atomic mass is 9.96. The molecule has 0 spiro atoms. The number of aromatic nitrogens is 1. The van der Waals surface area contributed by atoms with Gasteiger partial charge in [-0.25, -0.2) is 4.98 Å². The maximum Gasteiger partial charge on any atom is 0.240 e. The van der Waals surface area contributed by atoms with E-state index >= 15 is 0 Å². The van der Waals surface area contributed by atoms with Crippen LogP contribution in [0.3, 0.4) is 0 Å². The van der Waals surface area contributed by atoms with E-state index in [9.17, 15) is 9.59 Å². The molecule has 0 unspecified atom stereocenters. The summed E-state index contributed by atoms with van der Waals surface area (Å²) >= 11 is 3.24. The smallest absolute Gasteiger partial charge is 0.240 e. The van der Waals surface area contributed by atoms with E-state index in [4.69, 9.17) is 0 Å². The Morgan fingerprint density at radius 2 is 2.00 bits per heavy atom. The number of aryl methyl sites for hydroxylation is 1. The van der Waals surface area contributed by atoms with Crippen molar-refractivity contribution < 1.29 is 9.59 Å². The predicted octanol–water partition coefficient (Wildman–Crippen LogP) is 4.11. The molecule has 0 saturated carbocycles. The maximum absolute atomic E-state index is 12.5. The number of thiazole rings is 1. The van der Waals surface area contributed by atoms with E-state index in [2.05, 4.69) is 63.2 Å². The number of likely N-dealkylation sites (tertiary alicyclic amines) is 1. The van der Waals surface area contributed by atoms with Crippen LogP contribution >= 0.6 is 22.7 Å². The molecule has 3 heterocycles. The second-order valence-corrected chi connectivity index (χ2v) is 10.7. The number of carbonyl (C=O) groups excluding carboxylic acids is 2. The first-order valence-corrected chi connectivity index (χ1v) is 13.1. The molecule has 6 nitrogen and oxygen atoms in total. The number of rotatable bonds is 9. The van der Waals surface area contributed by atoms with Crippen molar-refractivity contribution in [1.29, 1.82) is 0 Å². The zero-order valence-corrected chi connectivity index (χ0v) is 20.5. The SMILES string of the molecule is Cc1cccc(Cc2cnc(NC(=O)CN3CCC(C(=O)NCCc4cccs4)CC3)s2)c1. The number of hydrogen-bond donors (Lipinski definition) is 2. The lowest BCUT2D eigenvalue weighted by Crippen LogP contribution is -2.43. The van der Waals surface area contributed by atoms with Gasteiger partial charge in [0.1, 0.15) is 0 Å². The van der Waals surface area contributed by atoms with Crippen molar-refractivity contribution in [2.24, 2.45) is 5.92 Å². The molecule has 1 saturated heterocycles. The van der Waals surface area contributed by atoms with Gasteiger partial charge in [-0.05, 0) is 56.3 Å². The van der Waals surface area contributed by atoms with Crippen molar-refractivity contribution in [3.05, 3.63) is 68.9 Å². The molecule has 1 fully saturated rings. The zero-order chi connectivity index (χ0) is 23.0. The van der Waals surface area contributed by atoms with Gasteiger partial charge in [0.2, 0.25) is 11.8 Å². The molecule has 8 heteroatoms. The van der Waals surface area contributed by atoms with Crippen molar-refractivity contribution in [1.82, 2.24) is 15.2 Å². The summed E-state index contributed by atoms with van der Waals surface area (Å²) in [7, 11) is 0. The van der Waals surface area contributed by atoms with Crippen molar-refractivity contribution in [3.63, 3.8) is 0 Å². The summed E-state index contributed by atoms with van der Waals surface area (Å²) in [5.74, 6) is 0.126. The highest BCUT2D eigenvalue weighted by molar-refractivity contribution is 7.15. The van der Waals surface area contributed by atoms with Gasteiger partial charge in [0.05, 0.1) is 6.54 Å². The van der Waals surface area contributed by atoms with Crippen LogP contribution in [0.4, 0.5) is 5.13 Å². The highest BCUT2D eigenvalue weighted by atomic mass is 32.1. The summed E-state index contributed by atoms with van der Waals surface area (Å²) in [6.07, 6.45) is 5.11. The fourth-order valence-corrected chi connectivity index (χ4v) is 5.67. The lowest BCUT2D eigenvalue weighted by molar-refractivity contribution is -0.126. The highest BCUT2D eigenvalue weighted by Gasteiger charge is 2.25. The first-order valence-electron chi connectivity index (χ1n) is 11.4. The third kappa shape index (κ3) is 7.22. The molecule has 1 aliphatic rings. The number of hydrogen-bond acceptors (Lipinski definition) is 6. The van der Waals surface area contributed by atoms with Crippen LogP contribution in [-0.2, 0) is 22.4 Å². The molecular formula is C25H30N4O2S2. The average molecular weight is 483 g/mol. The van der Waals surface area contributed by atoms with Gasteiger partial charge >= 0.3 is 0 Å². The molecule has 1 aliphatic heterocycles. The molecule has 0 bridgehead atoms. The van der Waals surface area contributed by atoms with Gasteiger partial charge in [0, 0.05) is 34.8 Å². The highest BCUT2D eigenvalue weighted by Crippen LogP contribution is 2.22. The molecule has 1 aromatic carbocycles. The molecule has 0 aliphatic carbocycles. The molecule has 3 aromatic rings. The van der Waals surface area contributed by atoms with Crippen LogP contribution in [-0.4, -0.2) is 47.9 Å². The van der Waals surface area contributed by atoms with Gasteiger partial charge in [-0.3, -0.25) is 14.5 Å². The van der Waals surface area contributed by atoms with Crippen molar-refractivity contribution in [2.75, 3.05) is 31.5 Å². The van der Waals surface area contributed by atoms with Gasteiger partial charge in [-0.1, -0.05) is 35.9 Å². The second kappa shape index (κ2) is 11.5. The molecule has 4 rings (SSSR count). The number of anilines is 1. The van der Waals surface area contributed by atoms with Crippen molar-refractivity contribution in [2.45, 2.75) is 32.6 Å². The molecule has 2 N–H and O–H groups in total. The zero-order valence-electron chi connectivity index (χ0n) is 18.9. The Hall–Kier alpha value is -2.55. The van der Waals surface area contributed by atoms with E-state index in [0.717, 1.165) is 43.6 Å². The van der Waals surface area contributed by atoms with E-state index < -0.39 is 0 Å². The van der Waals surface area contributed by atoms with Gasteiger partial charge in [-0.2, -0.15) is 0 Å². The van der Waals surface area contributed by atoms with Gasteiger partial charge < -0.3 is 10.6 Å². The van der Waals surface area contributed by atoms with Gasteiger partial charge in [0.25, 0.3) is 0 Å². The third-order valence-corrected chi connectivity index (χ3v) is 7.69. The molecule has 2 amide bonds. The summed E-state index contributed by atoms with van der Waals surface area (Å²) in [5.41, 5.74) is 2.49. The molecule has 0 radical (unpaired) electrons. The summed E-state index contributed by atoms with van der Waals surface area (Å²) < 4.78 is 0. The third-order valence-electron chi connectivity index (χ3n) is 5.84. The molecule has 0 atom stereocenters. The topological polar surface area (TPSA) is 74.3 Å². The number of nitrogens with one attached hydrogen (secondary N) is 2. The fraction of sp³-hybridized carbons (Fsp3) is 0.400. The summed E-state index contributed by atoms with van der Waals surface area (Å²) in [4.78, 5) is 33.8. The second-order valence-electron chi connectivity index (χ2n) is 8.52. The number of nitrogens with zero attached hydrogens (tertiary/aromatic N) is 2. The number of thiophene rings is 1. The quantitative estimate of drug-likeness (QED) is 0.481. The summed E-state index contributed by atoms with van der Waals surface area (Å²) in [6.45, 7) is 4.62.